The van der Waals surface area contributed by atoms with Gasteiger partial charge in [-0.05, 0) is 54.6 Å². The van der Waals surface area contributed by atoms with Gasteiger partial charge in [0.1, 0.15) is 5.75 Å². The van der Waals surface area contributed by atoms with Crippen LogP contribution in [0.2, 0.25) is 5.02 Å². The van der Waals surface area contributed by atoms with E-state index in [1.165, 1.54) is 11.8 Å². The maximum atomic E-state index is 12.5. The molecule has 1 N–H and O–H groups in total. The van der Waals surface area contributed by atoms with Crippen molar-refractivity contribution in [1.29, 1.82) is 0 Å². The van der Waals surface area contributed by atoms with Crippen LogP contribution in [-0.2, 0) is 4.79 Å². The Bertz CT molecular complexity index is 1180. The van der Waals surface area contributed by atoms with Gasteiger partial charge >= 0.3 is 0 Å². The topological polar surface area (TPSA) is 81.9 Å². The fraction of sp³-hybridized carbons (Fsp3) is 0.0909. The number of hydrogen-bond donors (Lipinski definition) is 1. The molecule has 31 heavy (non-hydrogen) atoms. The number of carbonyl (C=O) groups is 1. The van der Waals surface area contributed by atoms with Crippen LogP contribution in [0.25, 0.3) is 17.1 Å². The molecule has 0 spiro atoms. The number of amides is 1. The van der Waals surface area contributed by atoms with E-state index in [4.69, 9.17) is 16.3 Å². The summed E-state index contributed by atoms with van der Waals surface area (Å²) < 4.78 is 7.02. The van der Waals surface area contributed by atoms with E-state index in [0.717, 1.165) is 17.0 Å². The van der Waals surface area contributed by atoms with Crippen LogP contribution < -0.4 is 10.1 Å². The molecule has 0 aliphatic rings. The number of pyridine rings is 1. The lowest BCUT2D eigenvalue weighted by molar-refractivity contribution is -0.113. The summed E-state index contributed by atoms with van der Waals surface area (Å²) >= 11 is 7.50. The predicted molar refractivity (Wildman–Crippen MR) is 122 cm³/mol. The highest BCUT2D eigenvalue weighted by atomic mass is 35.5. The van der Waals surface area contributed by atoms with Crippen molar-refractivity contribution in [3.63, 3.8) is 0 Å². The minimum atomic E-state index is -0.152. The maximum absolute atomic E-state index is 12.5. The van der Waals surface area contributed by atoms with Crippen LogP contribution in [0.4, 0.5) is 5.69 Å². The minimum absolute atomic E-state index is 0.152. The highest BCUT2D eigenvalue weighted by molar-refractivity contribution is 7.99. The van der Waals surface area contributed by atoms with Crippen LogP contribution in [0.5, 0.6) is 5.75 Å². The Morgan fingerprint density at radius 2 is 1.87 bits per heavy atom. The third-order valence-corrected chi connectivity index (χ3v) is 5.51. The van der Waals surface area contributed by atoms with Crippen molar-refractivity contribution < 1.29 is 9.53 Å². The van der Waals surface area contributed by atoms with Gasteiger partial charge in [0.25, 0.3) is 0 Å². The van der Waals surface area contributed by atoms with Gasteiger partial charge < -0.3 is 10.1 Å². The van der Waals surface area contributed by atoms with Gasteiger partial charge in [0, 0.05) is 28.7 Å². The van der Waals surface area contributed by atoms with Gasteiger partial charge in [-0.1, -0.05) is 29.4 Å². The van der Waals surface area contributed by atoms with E-state index in [0.29, 0.717) is 21.7 Å². The lowest BCUT2D eigenvalue weighted by Gasteiger charge is -2.11. The zero-order valence-electron chi connectivity index (χ0n) is 16.5. The average Bonchev–Trinajstić information content (AvgIpc) is 3.23. The molecule has 2 aromatic heterocycles. The fourth-order valence-corrected chi connectivity index (χ4v) is 3.84. The van der Waals surface area contributed by atoms with E-state index >= 15 is 0 Å². The summed E-state index contributed by atoms with van der Waals surface area (Å²) in [4.78, 5) is 16.5. The first-order chi connectivity index (χ1) is 15.1. The minimum Gasteiger partial charge on any atom is -0.497 e. The Kier molecular flexibility index (Phi) is 6.49. The zero-order valence-corrected chi connectivity index (χ0v) is 18.1. The number of methoxy groups -OCH3 is 1. The van der Waals surface area contributed by atoms with Crippen molar-refractivity contribution >= 4 is 35.0 Å². The number of nitrogens with zero attached hydrogens (tertiary/aromatic N) is 4. The van der Waals surface area contributed by atoms with E-state index in [1.807, 2.05) is 34.9 Å². The molecule has 9 heteroatoms. The fourth-order valence-electron chi connectivity index (χ4n) is 2.90. The van der Waals surface area contributed by atoms with Gasteiger partial charge in [0.05, 0.1) is 18.6 Å². The third-order valence-electron chi connectivity index (χ3n) is 4.34. The number of anilines is 1. The molecule has 0 aliphatic heterocycles. The number of halogens is 1. The Labute approximate surface area is 188 Å². The first-order valence-electron chi connectivity index (χ1n) is 9.32. The molecule has 7 nitrogen and oxygen atoms in total. The highest BCUT2D eigenvalue weighted by Crippen LogP contribution is 2.29. The van der Waals surface area contributed by atoms with Crippen LogP contribution in [-0.4, -0.2) is 38.5 Å². The summed E-state index contributed by atoms with van der Waals surface area (Å²) in [7, 11) is 1.60. The molecule has 0 unspecified atom stereocenters. The molecule has 0 radical (unpaired) electrons. The molecule has 2 heterocycles. The summed E-state index contributed by atoms with van der Waals surface area (Å²) in [5, 5.41) is 12.7. The molecule has 0 bridgehead atoms. The van der Waals surface area contributed by atoms with E-state index in [-0.39, 0.29) is 11.7 Å². The summed E-state index contributed by atoms with van der Waals surface area (Å²) in [6.07, 6.45) is 3.39. The molecule has 156 valence electrons. The SMILES string of the molecule is COc1ccc(NC(=O)CSc2nnc(-c3ccncc3)n2-c2cccc(Cl)c2)cc1. The number of ether oxygens (including phenoxy) is 1. The molecule has 4 rings (SSSR count). The van der Waals surface area contributed by atoms with Crippen LogP contribution in [0, 0.1) is 0 Å². The van der Waals surface area contributed by atoms with Crippen LogP contribution >= 0.6 is 23.4 Å². The van der Waals surface area contributed by atoms with Crippen molar-refractivity contribution in [3.05, 3.63) is 78.1 Å². The van der Waals surface area contributed by atoms with Crippen LogP contribution in [0.3, 0.4) is 0 Å². The number of rotatable bonds is 7. The normalized spacial score (nSPS) is 10.6. The average molecular weight is 452 g/mol. The van der Waals surface area contributed by atoms with E-state index < -0.39 is 0 Å². The Hall–Kier alpha value is -3.36. The van der Waals surface area contributed by atoms with Crippen molar-refractivity contribution in [2.45, 2.75) is 5.16 Å². The molecule has 0 saturated carbocycles. The van der Waals surface area contributed by atoms with Gasteiger partial charge in [-0.25, -0.2) is 0 Å². The number of carbonyl (C=O) groups excluding carboxylic acids is 1. The van der Waals surface area contributed by atoms with E-state index in [9.17, 15) is 4.79 Å². The predicted octanol–water partition coefficient (Wildman–Crippen LogP) is 4.72. The first-order valence-corrected chi connectivity index (χ1v) is 10.7. The number of thioether (sulfide) groups is 1. The highest BCUT2D eigenvalue weighted by Gasteiger charge is 2.17. The van der Waals surface area contributed by atoms with Gasteiger partial charge in [-0.3, -0.25) is 14.3 Å². The molecule has 0 fully saturated rings. The zero-order chi connectivity index (χ0) is 21.6. The first kappa shape index (κ1) is 20.9. The molecule has 0 saturated heterocycles. The molecule has 4 aromatic rings. The van der Waals surface area contributed by atoms with Gasteiger partial charge in [0.2, 0.25) is 5.91 Å². The van der Waals surface area contributed by atoms with Crippen molar-refractivity contribution in [3.8, 4) is 22.8 Å². The summed E-state index contributed by atoms with van der Waals surface area (Å²) in [6.45, 7) is 0. The third kappa shape index (κ3) is 5.04. The van der Waals surface area contributed by atoms with Crippen LogP contribution in [0.1, 0.15) is 0 Å². The monoisotopic (exact) mass is 451 g/mol. The number of benzene rings is 2. The van der Waals surface area contributed by atoms with E-state index in [1.54, 1.807) is 49.8 Å². The lowest BCUT2D eigenvalue weighted by Crippen LogP contribution is -2.14. The second-order valence-corrected chi connectivity index (χ2v) is 7.80. The largest absolute Gasteiger partial charge is 0.497 e. The molecular weight excluding hydrogens is 434 g/mol. The summed E-state index contributed by atoms with van der Waals surface area (Å²) in [6, 6.07) is 18.3. The molecule has 0 aliphatic carbocycles. The molecule has 2 aromatic carbocycles. The molecule has 0 atom stereocenters. The number of nitrogens with one attached hydrogen (secondary N) is 1. The van der Waals surface area contributed by atoms with Crippen molar-refractivity contribution in [1.82, 2.24) is 19.7 Å². The van der Waals surface area contributed by atoms with Gasteiger partial charge in [-0.2, -0.15) is 0 Å². The number of hydrogen-bond acceptors (Lipinski definition) is 6. The lowest BCUT2D eigenvalue weighted by atomic mass is 10.2. The Balaban J connectivity index is 1.56. The summed E-state index contributed by atoms with van der Waals surface area (Å²) in [5.74, 6) is 1.38. The maximum Gasteiger partial charge on any atom is 0.234 e. The van der Waals surface area contributed by atoms with Gasteiger partial charge in [-0.15, -0.1) is 10.2 Å². The smallest absolute Gasteiger partial charge is 0.234 e. The second-order valence-electron chi connectivity index (χ2n) is 6.42. The second kappa shape index (κ2) is 9.63. The standard InChI is InChI=1S/C22H18ClN5O2S/c1-30-19-7-5-17(6-8-19)25-20(29)14-31-22-27-26-21(15-9-11-24-12-10-15)28(22)18-4-2-3-16(23)13-18/h2-13H,14H2,1H3,(H,25,29). The van der Waals surface area contributed by atoms with Crippen molar-refractivity contribution in [2.24, 2.45) is 0 Å². The van der Waals surface area contributed by atoms with E-state index in [2.05, 4.69) is 20.5 Å². The van der Waals surface area contributed by atoms with Crippen molar-refractivity contribution in [2.75, 3.05) is 18.2 Å². The molecular formula is C22H18ClN5O2S. The molecule has 1 amide bonds. The summed E-state index contributed by atoms with van der Waals surface area (Å²) in [5.41, 5.74) is 2.36. The Morgan fingerprint density at radius 3 is 2.58 bits per heavy atom. The van der Waals surface area contributed by atoms with Gasteiger partial charge in [0.15, 0.2) is 11.0 Å². The quantitative estimate of drug-likeness (QED) is 0.409. The Morgan fingerprint density at radius 1 is 1.10 bits per heavy atom. The van der Waals surface area contributed by atoms with Crippen LogP contribution in [0.15, 0.2) is 78.2 Å². The number of aromatic nitrogens is 4.